The van der Waals surface area contributed by atoms with E-state index in [2.05, 4.69) is 75.2 Å². The molecule has 0 fully saturated rings. The molecule has 1 amide bonds. The summed E-state index contributed by atoms with van der Waals surface area (Å²) < 4.78 is 3.33. The highest BCUT2D eigenvalue weighted by molar-refractivity contribution is 9.10. The first-order chi connectivity index (χ1) is 15.6. The smallest absolute Gasteiger partial charge is 0.251 e. The number of carbonyl (C=O) groups is 1. The third-order valence-corrected chi connectivity index (χ3v) is 6.32. The van der Waals surface area contributed by atoms with Crippen molar-refractivity contribution in [3.8, 4) is 0 Å². The van der Waals surface area contributed by atoms with E-state index in [0.29, 0.717) is 12.1 Å². The zero-order valence-electron chi connectivity index (χ0n) is 18.4. The van der Waals surface area contributed by atoms with Gasteiger partial charge in [0.05, 0.1) is 11.0 Å². The number of aromatic nitrogens is 2. The quantitative estimate of drug-likeness (QED) is 0.280. The Morgan fingerprint density at radius 3 is 2.50 bits per heavy atom. The number of imidazole rings is 1. The number of benzene rings is 3. The van der Waals surface area contributed by atoms with E-state index < -0.39 is 0 Å². The lowest BCUT2D eigenvalue weighted by molar-refractivity contribution is 0.0953. The molecular weight excluding hydrogens is 462 g/mol. The number of carbonyl (C=O) groups excluding carboxylic acids is 1. The van der Waals surface area contributed by atoms with Gasteiger partial charge in [0.2, 0.25) is 0 Å². The van der Waals surface area contributed by atoms with Crippen LogP contribution < -0.4 is 5.32 Å². The minimum absolute atomic E-state index is 0.0162. The Labute approximate surface area is 197 Å². The molecule has 1 aromatic heterocycles. The predicted octanol–water partition coefficient (Wildman–Crippen LogP) is 6.30. The fraction of sp³-hybridized carbons (Fsp3) is 0.259. The maximum Gasteiger partial charge on any atom is 0.251 e. The van der Waals surface area contributed by atoms with Crippen LogP contribution in [-0.2, 0) is 13.0 Å². The van der Waals surface area contributed by atoms with Crippen molar-refractivity contribution in [3.63, 3.8) is 0 Å². The van der Waals surface area contributed by atoms with E-state index in [1.165, 1.54) is 16.6 Å². The van der Waals surface area contributed by atoms with Crippen molar-refractivity contribution in [2.24, 2.45) is 0 Å². The van der Waals surface area contributed by atoms with Gasteiger partial charge in [0.1, 0.15) is 5.82 Å². The molecule has 32 heavy (non-hydrogen) atoms. The average Bonchev–Trinajstić information content (AvgIpc) is 3.15. The summed E-state index contributed by atoms with van der Waals surface area (Å²) in [4.78, 5) is 17.1. The van der Waals surface area contributed by atoms with Crippen LogP contribution in [0.4, 0.5) is 0 Å². The molecule has 1 heterocycles. The van der Waals surface area contributed by atoms with Crippen LogP contribution in [0.3, 0.4) is 0 Å². The van der Waals surface area contributed by atoms with Gasteiger partial charge < -0.3 is 9.88 Å². The maximum absolute atomic E-state index is 12.2. The predicted molar refractivity (Wildman–Crippen MR) is 134 cm³/mol. The second-order valence-corrected chi connectivity index (χ2v) is 9.02. The summed E-state index contributed by atoms with van der Waals surface area (Å²) in [5, 5.41) is 3.01. The standard InChI is InChI=1S/C27H28BrN3O/c1-20-9-4-5-10-22(20)19-31-25-12-7-6-11-24(25)30-26(31)13-3-2-8-18-29-27(32)21-14-16-23(28)17-15-21/h4-7,9-12,14-17H,2-3,8,13,18-19H2,1H3,(H,29,32). The summed E-state index contributed by atoms with van der Waals surface area (Å²) in [6, 6.07) is 24.4. The lowest BCUT2D eigenvalue weighted by atomic mass is 10.1. The van der Waals surface area contributed by atoms with Gasteiger partial charge in [0.25, 0.3) is 5.91 Å². The van der Waals surface area contributed by atoms with Gasteiger partial charge >= 0.3 is 0 Å². The molecule has 5 heteroatoms. The topological polar surface area (TPSA) is 46.9 Å². The summed E-state index contributed by atoms with van der Waals surface area (Å²) in [5.74, 6) is 1.12. The fourth-order valence-corrected chi connectivity index (χ4v) is 4.20. The molecule has 4 rings (SSSR count). The summed E-state index contributed by atoms with van der Waals surface area (Å²) in [5.41, 5.74) is 5.56. The SMILES string of the molecule is Cc1ccccc1Cn1c(CCCCCNC(=O)c2ccc(Br)cc2)nc2ccccc21. The molecule has 3 aromatic carbocycles. The number of hydrogen-bond donors (Lipinski definition) is 1. The molecule has 0 aliphatic heterocycles. The van der Waals surface area contributed by atoms with Gasteiger partial charge in [-0.15, -0.1) is 0 Å². The van der Waals surface area contributed by atoms with Gasteiger partial charge in [-0.25, -0.2) is 4.98 Å². The summed E-state index contributed by atoms with van der Waals surface area (Å²) in [6.07, 6.45) is 3.99. The minimum Gasteiger partial charge on any atom is -0.352 e. The molecule has 0 spiro atoms. The number of fused-ring (bicyclic) bond motifs is 1. The third kappa shape index (κ3) is 5.46. The van der Waals surface area contributed by atoms with Crippen LogP contribution in [0.2, 0.25) is 0 Å². The Kier molecular flexibility index (Phi) is 7.38. The van der Waals surface area contributed by atoms with Crippen LogP contribution in [0, 0.1) is 6.92 Å². The van der Waals surface area contributed by atoms with Crippen LogP contribution in [0.15, 0.2) is 77.3 Å². The van der Waals surface area contributed by atoms with E-state index in [9.17, 15) is 4.79 Å². The highest BCUT2D eigenvalue weighted by atomic mass is 79.9. The van der Waals surface area contributed by atoms with Gasteiger partial charge in [-0.05, 0) is 67.3 Å². The van der Waals surface area contributed by atoms with Crippen molar-refractivity contribution in [2.75, 3.05) is 6.54 Å². The molecule has 4 aromatic rings. The highest BCUT2D eigenvalue weighted by Crippen LogP contribution is 2.21. The Balaban J connectivity index is 1.33. The van der Waals surface area contributed by atoms with E-state index in [0.717, 1.165) is 48.0 Å². The number of hydrogen-bond acceptors (Lipinski definition) is 2. The third-order valence-electron chi connectivity index (χ3n) is 5.79. The number of unbranched alkanes of at least 4 members (excludes halogenated alkanes) is 2. The molecule has 0 radical (unpaired) electrons. The van der Waals surface area contributed by atoms with Crippen molar-refractivity contribution in [2.45, 2.75) is 39.2 Å². The molecule has 0 bridgehead atoms. The highest BCUT2D eigenvalue weighted by Gasteiger charge is 2.12. The summed E-state index contributed by atoms with van der Waals surface area (Å²) in [7, 11) is 0. The Hall–Kier alpha value is -2.92. The number of rotatable bonds is 9. The summed E-state index contributed by atoms with van der Waals surface area (Å²) in [6.45, 7) is 3.69. The van der Waals surface area contributed by atoms with Crippen molar-refractivity contribution < 1.29 is 4.79 Å². The number of para-hydroxylation sites is 2. The lowest BCUT2D eigenvalue weighted by Crippen LogP contribution is -2.24. The number of nitrogens with zero attached hydrogens (tertiary/aromatic N) is 2. The molecule has 4 nitrogen and oxygen atoms in total. The monoisotopic (exact) mass is 489 g/mol. The Bertz CT molecular complexity index is 1200. The lowest BCUT2D eigenvalue weighted by Gasteiger charge is -2.12. The summed E-state index contributed by atoms with van der Waals surface area (Å²) >= 11 is 3.39. The van der Waals surface area contributed by atoms with E-state index in [4.69, 9.17) is 4.98 Å². The largest absolute Gasteiger partial charge is 0.352 e. The molecule has 0 saturated heterocycles. The molecule has 0 aliphatic carbocycles. The van der Waals surface area contributed by atoms with Gasteiger partial charge in [-0.3, -0.25) is 4.79 Å². The molecular formula is C27H28BrN3O. The van der Waals surface area contributed by atoms with Crippen molar-refractivity contribution >= 4 is 32.9 Å². The maximum atomic E-state index is 12.2. The van der Waals surface area contributed by atoms with Gasteiger partial charge in [0.15, 0.2) is 0 Å². The molecule has 0 saturated carbocycles. The van der Waals surface area contributed by atoms with Crippen molar-refractivity contribution in [1.29, 1.82) is 0 Å². The number of amides is 1. The molecule has 1 N–H and O–H groups in total. The van der Waals surface area contributed by atoms with Crippen LogP contribution in [0.1, 0.15) is 46.6 Å². The van der Waals surface area contributed by atoms with E-state index in [-0.39, 0.29) is 5.91 Å². The van der Waals surface area contributed by atoms with Crippen molar-refractivity contribution in [1.82, 2.24) is 14.9 Å². The first kappa shape index (κ1) is 22.3. The van der Waals surface area contributed by atoms with Crippen LogP contribution >= 0.6 is 15.9 Å². The Morgan fingerprint density at radius 1 is 0.938 bits per heavy atom. The fourth-order valence-electron chi connectivity index (χ4n) is 3.94. The first-order valence-electron chi connectivity index (χ1n) is 11.1. The second kappa shape index (κ2) is 10.6. The van der Waals surface area contributed by atoms with E-state index in [1.54, 1.807) is 0 Å². The van der Waals surface area contributed by atoms with Crippen LogP contribution in [0.25, 0.3) is 11.0 Å². The normalized spacial score (nSPS) is 11.1. The van der Waals surface area contributed by atoms with Crippen LogP contribution in [0.5, 0.6) is 0 Å². The zero-order valence-corrected chi connectivity index (χ0v) is 19.9. The van der Waals surface area contributed by atoms with Gasteiger partial charge in [0, 0.05) is 29.5 Å². The average molecular weight is 490 g/mol. The molecule has 0 aliphatic rings. The number of halogens is 1. The minimum atomic E-state index is -0.0162. The van der Waals surface area contributed by atoms with E-state index >= 15 is 0 Å². The first-order valence-corrected chi connectivity index (χ1v) is 11.9. The van der Waals surface area contributed by atoms with Crippen LogP contribution in [-0.4, -0.2) is 22.0 Å². The second-order valence-electron chi connectivity index (χ2n) is 8.10. The Morgan fingerprint density at radius 2 is 1.69 bits per heavy atom. The number of aryl methyl sites for hydroxylation is 2. The number of nitrogens with one attached hydrogen (secondary N) is 1. The molecule has 0 unspecified atom stereocenters. The van der Waals surface area contributed by atoms with Gasteiger partial charge in [-0.1, -0.05) is 58.7 Å². The zero-order chi connectivity index (χ0) is 22.3. The molecule has 164 valence electrons. The molecule has 0 atom stereocenters. The van der Waals surface area contributed by atoms with E-state index in [1.807, 2.05) is 30.3 Å². The van der Waals surface area contributed by atoms with Crippen molar-refractivity contribution in [3.05, 3.63) is 99.8 Å². The van der Waals surface area contributed by atoms with Gasteiger partial charge in [-0.2, -0.15) is 0 Å².